The largest absolute Gasteiger partial charge is 0.497 e. The van der Waals surface area contributed by atoms with E-state index >= 15 is 0 Å². The van der Waals surface area contributed by atoms with E-state index in [2.05, 4.69) is 4.98 Å². The van der Waals surface area contributed by atoms with Crippen molar-refractivity contribution in [1.82, 2.24) is 4.98 Å². The molecule has 0 fully saturated rings. The standard InChI is InChI=1S/C17H16N2O2/c1-20-13-4-2-3-12(9-13)11-21-17-6-5-16(18)15-10-19-8-7-14(15)17/h2-10H,11,18H2,1H3. The molecule has 2 aromatic carbocycles. The molecule has 4 heteroatoms. The van der Waals surface area contributed by atoms with E-state index in [1.165, 1.54) is 0 Å². The van der Waals surface area contributed by atoms with E-state index in [0.717, 1.165) is 27.8 Å². The summed E-state index contributed by atoms with van der Waals surface area (Å²) in [5.74, 6) is 1.62. The number of benzene rings is 2. The van der Waals surface area contributed by atoms with Gasteiger partial charge in [0.1, 0.15) is 18.1 Å². The lowest BCUT2D eigenvalue weighted by molar-refractivity contribution is 0.309. The molecular weight excluding hydrogens is 264 g/mol. The average molecular weight is 280 g/mol. The Bertz CT molecular complexity index is 772. The van der Waals surface area contributed by atoms with E-state index in [9.17, 15) is 0 Å². The van der Waals surface area contributed by atoms with Crippen LogP contribution in [0.2, 0.25) is 0 Å². The van der Waals surface area contributed by atoms with Crippen LogP contribution in [0.4, 0.5) is 5.69 Å². The lowest BCUT2D eigenvalue weighted by Gasteiger charge is -2.11. The molecule has 4 nitrogen and oxygen atoms in total. The van der Waals surface area contributed by atoms with Crippen LogP contribution in [-0.4, -0.2) is 12.1 Å². The first-order valence-corrected chi connectivity index (χ1v) is 6.66. The van der Waals surface area contributed by atoms with E-state index in [-0.39, 0.29) is 0 Å². The summed E-state index contributed by atoms with van der Waals surface area (Å²) in [4.78, 5) is 4.10. The second kappa shape index (κ2) is 5.71. The molecule has 0 aliphatic rings. The first kappa shape index (κ1) is 13.2. The molecule has 0 saturated carbocycles. The Labute approximate surface area is 123 Å². The highest BCUT2D eigenvalue weighted by molar-refractivity contribution is 5.96. The monoisotopic (exact) mass is 280 g/mol. The van der Waals surface area contributed by atoms with Gasteiger partial charge in [-0.25, -0.2) is 0 Å². The summed E-state index contributed by atoms with van der Waals surface area (Å²) in [5, 5.41) is 1.87. The van der Waals surface area contributed by atoms with Crippen LogP contribution in [0.15, 0.2) is 54.9 Å². The topological polar surface area (TPSA) is 57.4 Å². The number of nitrogens with two attached hydrogens (primary N) is 1. The van der Waals surface area contributed by atoms with Crippen LogP contribution >= 0.6 is 0 Å². The molecule has 0 radical (unpaired) electrons. The second-order valence-corrected chi connectivity index (χ2v) is 4.71. The van der Waals surface area contributed by atoms with Crippen molar-refractivity contribution in [3.8, 4) is 11.5 Å². The zero-order chi connectivity index (χ0) is 14.7. The third-order valence-corrected chi connectivity index (χ3v) is 3.34. The van der Waals surface area contributed by atoms with Crippen LogP contribution in [-0.2, 0) is 6.61 Å². The van der Waals surface area contributed by atoms with Gasteiger partial charge in [-0.1, -0.05) is 12.1 Å². The van der Waals surface area contributed by atoms with E-state index in [1.54, 1.807) is 19.5 Å². The Morgan fingerprint density at radius 2 is 2.00 bits per heavy atom. The highest BCUT2D eigenvalue weighted by Crippen LogP contribution is 2.29. The van der Waals surface area contributed by atoms with Gasteiger partial charge in [0, 0.05) is 28.9 Å². The summed E-state index contributed by atoms with van der Waals surface area (Å²) in [6, 6.07) is 13.5. The summed E-state index contributed by atoms with van der Waals surface area (Å²) in [6.07, 6.45) is 3.49. The molecule has 21 heavy (non-hydrogen) atoms. The van der Waals surface area contributed by atoms with Gasteiger partial charge in [0.2, 0.25) is 0 Å². The number of pyridine rings is 1. The summed E-state index contributed by atoms with van der Waals surface area (Å²) in [5.41, 5.74) is 7.71. The SMILES string of the molecule is COc1cccc(COc2ccc(N)c3cnccc23)c1. The number of nitrogens with zero attached hydrogens (tertiary/aromatic N) is 1. The number of hydrogen-bond acceptors (Lipinski definition) is 4. The van der Waals surface area contributed by atoms with Crippen molar-refractivity contribution in [2.75, 3.05) is 12.8 Å². The molecule has 0 atom stereocenters. The fourth-order valence-corrected chi connectivity index (χ4v) is 2.23. The molecule has 1 heterocycles. The molecule has 2 N–H and O–H groups in total. The van der Waals surface area contributed by atoms with Gasteiger partial charge in [0.05, 0.1) is 7.11 Å². The Hall–Kier alpha value is -2.75. The third-order valence-electron chi connectivity index (χ3n) is 3.34. The number of fused-ring (bicyclic) bond motifs is 1. The van der Waals surface area contributed by atoms with Crippen molar-refractivity contribution in [2.45, 2.75) is 6.61 Å². The predicted octanol–water partition coefficient (Wildman–Crippen LogP) is 3.40. The van der Waals surface area contributed by atoms with Gasteiger partial charge >= 0.3 is 0 Å². The van der Waals surface area contributed by atoms with Crippen molar-refractivity contribution >= 4 is 16.5 Å². The molecular formula is C17H16N2O2. The van der Waals surface area contributed by atoms with Gasteiger partial charge in [-0.05, 0) is 35.9 Å². The predicted molar refractivity (Wildman–Crippen MR) is 83.5 cm³/mol. The smallest absolute Gasteiger partial charge is 0.127 e. The highest BCUT2D eigenvalue weighted by Gasteiger charge is 2.05. The summed E-state index contributed by atoms with van der Waals surface area (Å²) in [7, 11) is 1.65. The van der Waals surface area contributed by atoms with Crippen LogP contribution in [0.1, 0.15) is 5.56 Å². The first-order chi connectivity index (χ1) is 10.3. The van der Waals surface area contributed by atoms with Crippen LogP contribution < -0.4 is 15.2 Å². The lowest BCUT2D eigenvalue weighted by atomic mass is 10.1. The van der Waals surface area contributed by atoms with Gasteiger partial charge in [0.15, 0.2) is 0 Å². The molecule has 0 aliphatic heterocycles. The number of rotatable bonds is 4. The summed E-state index contributed by atoms with van der Waals surface area (Å²) < 4.78 is 11.1. The molecule has 0 bridgehead atoms. The molecule has 106 valence electrons. The zero-order valence-electron chi connectivity index (χ0n) is 11.7. The average Bonchev–Trinajstić information content (AvgIpc) is 2.55. The fraction of sp³-hybridized carbons (Fsp3) is 0.118. The normalized spacial score (nSPS) is 10.5. The minimum Gasteiger partial charge on any atom is -0.497 e. The van der Waals surface area contributed by atoms with Crippen molar-refractivity contribution in [2.24, 2.45) is 0 Å². The van der Waals surface area contributed by atoms with E-state index in [4.69, 9.17) is 15.2 Å². The van der Waals surface area contributed by atoms with Gasteiger partial charge in [0.25, 0.3) is 0 Å². The number of nitrogen functional groups attached to an aromatic ring is 1. The molecule has 0 amide bonds. The molecule has 0 spiro atoms. The molecule has 3 aromatic rings. The number of ether oxygens (including phenoxy) is 2. The van der Waals surface area contributed by atoms with Crippen molar-refractivity contribution in [3.63, 3.8) is 0 Å². The van der Waals surface area contributed by atoms with Crippen molar-refractivity contribution < 1.29 is 9.47 Å². The second-order valence-electron chi connectivity index (χ2n) is 4.71. The maximum absolute atomic E-state index is 5.96. The Kier molecular flexibility index (Phi) is 3.60. The number of anilines is 1. The van der Waals surface area contributed by atoms with Gasteiger partial charge in [-0.15, -0.1) is 0 Å². The summed E-state index contributed by atoms with van der Waals surface area (Å²) >= 11 is 0. The van der Waals surface area contributed by atoms with Gasteiger partial charge in [-0.2, -0.15) is 0 Å². The van der Waals surface area contributed by atoms with Crippen LogP contribution in [0.25, 0.3) is 10.8 Å². The van der Waals surface area contributed by atoms with Gasteiger partial charge < -0.3 is 15.2 Å². The Morgan fingerprint density at radius 1 is 1.10 bits per heavy atom. The minimum absolute atomic E-state index is 0.471. The Balaban J connectivity index is 1.87. The van der Waals surface area contributed by atoms with Crippen LogP contribution in [0.5, 0.6) is 11.5 Å². The van der Waals surface area contributed by atoms with Crippen LogP contribution in [0.3, 0.4) is 0 Å². The molecule has 1 aromatic heterocycles. The summed E-state index contributed by atoms with van der Waals surface area (Å²) in [6.45, 7) is 0.471. The van der Waals surface area contributed by atoms with Crippen molar-refractivity contribution in [1.29, 1.82) is 0 Å². The minimum atomic E-state index is 0.471. The van der Waals surface area contributed by atoms with Gasteiger partial charge in [-0.3, -0.25) is 4.98 Å². The molecule has 3 rings (SSSR count). The number of methoxy groups -OCH3 is 1. The fourth-order valence-electron chi connectivity index (χ4n) is 2.23. The molecule has 0 unspecified atom stereocenters. The Morgan fingerprint density at radius 3 is 2.86 bits per heavy atom. The quantitative estimate of drug-likeness (QED) is 0.744. The maximum atomic E-state index is 5.96. The molecule has 0 aliphatic carbocycles. The van der Waals surface area contributed by atoms with Crippen molar-refractivity contribution in [3.05, 3.63) is 60.4 Å². The molecule has 0 saturated heterocycles. The maximum Gasteiger partial charge on any atom is 0.127 e. The number of aromatic nitrogens is 1. The first-order valence-electron chi connectivity index (χ1n) is 6.66. The number of hydrogen-bond donors (Lipinski definition) is 1. The van der Waals surface area contributed by atoms with Crippen LogP contribution in [0, 0.1) is 0 Å². The lowest BCUT2D eigenvalue weighted by Crippen LogP contribution is -1.98. The third kappa shape index (κ3) is 2.74. The highest BCUT2D eigenvalue weighted by atomic mass is 16.5. The zero-order valence-corrected chi connectivity index (χ0v) is 11.7. The van der Waals surface area contributed by atoms with E-state index in [1.807, 2.05) is 42.5 Å². The van der Waals surface area contributed by atoms with E-state index in [0.29, 0.717) is 12.3 Å². The van der Waals surface area contributed by atoms with E-state index < -0.39 is 0 Å².